The molecule has 0 aromatic carbocycles. The predicted octanol–water partition coefficient (Wildman–Crippen LogP) is 4.25. The van der Waals surface area contributed by atoms with Gasteiger partial charge in [-0.1, -0.05) is 32.6 Å². The molecule has 5 unspecified atom stereocenters. The minimum Gasteiger partial charge on any atom is -0.0622 e. The smallest absolute Gasteiger partial charge is 0.0352 e. The van der Waals surface area contributed by atoms with Crippen LogP contribution in [0.3, 0.4) is 0 Å². The maximum Gasteiger partial charge on any atom is -0.0352 e. The van der Waals surface area contributed by atoms with Crippen LogP contribution < -0.4 is 0 Å². The van der Waals surface area contributed by atoms with Crippen molar-refractivity contribution < 1.29 is 0 Å². The Kier molecular flexibility index (Phi) is 2.34. The number of hydrogen-bond donors (Lipinski definition) is 0. The first-order valence-corrected chi connectivity index (χ1v) is 6.84. The summed E-state index contributed by atoms with van der Waals surface area (Å²) in [4.78, 5) is 0. The van der Waals surface area contributed by atoms with Crippen LogP contribution in [0.15, 0.2) is 0 Å². The lowest BCUT2D eigenvalue weighted by atomic mass is 9.68. The van der Waals surface area contributed by atoms with Crippen LogP contribution in [0.25, 0.3) is 0 Å². The highest BCUT2D eigenvalue weighted by Crippen LogP contribution is 2.54. The van der Waals surface area contributed by atoms with E-state index >= 15 is 0 Å². The van der Waals surface area contributed by atoms with E-state index in [2.05, 4.69) is 6.92 Å². The lowest BCUT2D eigenvalue weighted by Gasteiger charge is -2.37. The van der Waals surface area contributed by atoms with Crippen LogP contribution in [-0.2, 0) is 0 Å². The Bertz CT molecular complexity index is 208. The Morgan fingerprint density at radius 3 is 2.29 bits per heavy atom. The number of hydrogen-bond acceptors (Lipinski definition) is 0. The third kappa shape index (κ3) is 1.42. The Morgan fingerprint density at radius 1 is 0.786 bits per heavy atom. The average molecular weight is 192 g/mol. The molecule has 80 valence electrons. The second kappa shape index (κ2) is 3.54. The predicted molar refractivity (Wildman–Crippen MR) is 60.1 cm³/mol. The first-order valence-electron chi connectivity index (χ1n) is 6.84. The van der Waals surface area contributed by atoms with E-state index in [0.717, 1.165) is 29.6 Å². The largest absolute Gasteiger partial charge is 0.0622 e. The highest BCUT2D eigenvalue weighted by Gasteiger charge is 2.44. The minimum absolute atomic E-state index is 1.05. The molecule has 0 aliphatic heterocycles. The highest BCUT2D eigenvalue weighted by molar-refractivity contribution is 4.94. The molecule has 3 rings (SSSR count). The molecule has 0 spiro atoms. The van der Waals surface area contributed by atoms with Gasteiger partial charge < -0.3 is 0 Å². The van der Waals surface area contributed by atoms with Crippen LogP contribution in [0.5, 0.6) is 0 Å². The van der Waals surface area contributed by atoms with E-state index in [4.69, 9.17) is 0 Å². The Morgan fingerprint density at radius 2 is 1.64 bits per heavy atom. The van der Waals surface area contributed by atoms with Crippen molar-refractivity contribution in [1.82, 2.24) is 0 Å². The van der Waals surface area contributed by atoms with E-state index < -0.39 is 0 Å². The molecule has 3 fully saturated rings. The first-order chi connectivity index (χ1) is 6.84. The zero-order chi connectivity index (χ0) is 9.54. The summed E-state index contributed by atoms with van der Waals surface area (Å²) in [6.07, 6.45) is 12.5. The van der Waals surface area contributed by atoms with Crippen molar-refractivity contribution >= 4 is 0 Å². The normalized spacial score (nSPS) is 52.5. The van der Waals surface area contributed by atoms with Crippen molar-refractivity contribution in [2.24, 2.45) is 29.6 Å². The maximum atomic E-state index is 2.52. The molecule has 0 heterocycles. The van der Waals surface area contributed by atoms with Crippen LogP contribution in [0.1, 0.15) is 58.3 Å². The molecule has 3 saturated carbocycles. The van der Waals surface area contributed by atoms with Gasteiger partial charge in [-0.3, -0.25) is 0 Å². The van der Waals surface area contributed by atoms with E-state index in [0.29, 0.717) is 0 Å². The van der Waals surface area contributed by atoms with Gasteiger partial charge >= 0.3 is 0 Å². The molecule has 0 saturated heterocycles. The highest BCUT2D eigenvalue weighted by atomic mass is 14.5. The van der Waals surface area contributed by atoms with Gasteiger partial charge in [0.15, 0.2) is 0 Å². The van der Waals surface area contributed by atoms with Crippen LogP contribution in [0.2, 0.25) is 0 Å². The quantitative estimate of drug-likeness (QED) is 0.582. The molecule has 0 radical (unpaired) electrons. The average Bonchev–Trinajstić information content (AvgIpc) is 2.79. The molecular formula is C14H24. The van der Waals surface area contributed by atoms with Crippen LogP contribution in [0, 0.1) is 29.6 Å². The summed E-state index contributed by atoms with van der Waals surface area (Å²) >= 11 is 0. The summed E-state index contributed by atoms with van der Waals surface area (Å²) in [7, 11) is 0. The second-order valence-corrected chi connectivity index (χ2v) is 6.26. The van der Waals surface area contributed by atoms with E-state index in [1.165, 1.54) is 19.3 Å². The zero-order valence-corrected chi connectivity index (χ0v) is 9.54. The Balaban J connectivity index is 1.69. The summed E-state index contributed by atoms with van der Waals surface area (Å²) in [6, 6.07) is 0. The van der Waals surface area contributed by atoms with Gasteiger partial charge in [0.2, 0.25) is 0 Å². The molecule has 5 atom stereocenters. The van der Waals surface area contributed by atoms with Crippen LogP contribution in [0.4, 0.5) is 0 Å². The standard InChI is InChI=1S/C14H24/c1-10-4-2-3-5-13(10)14-9-11-6-7-12(14)8-11/h10-14H,2-9H2,1H3. The summed E-state index contributed by atoms with van der Waals surface area (Å²) in [5.74, 6) is 5.64. The van der Waals surface area contributed by atoms with Crippen molar-refractivity contribution in [3.05, 3.63) is 0 Å². The number of rotatable bonds is 1. The molecule has 0 heteroatoms. The fraction of sp³-hybridized carbons (Fsp3) is 1.00. The van der Waals surface area contributed by atoms with Gasteiger partial charge in [-0.05, 0) is 55.3 Å². The van der Waals surface area contributed by atoms with E-state index in [-0.39, 0.29) is 0 Å². The molecule has 0 amide bonds. The molecule has 0 N–H and O–H groups in total. The molecule has 0 aromatic rings. The molecule has 0 aromatic heterocycles. The van der Waals surface area contributed by atoms with E-state index in [1.807, 2.05) is 0 Å². The fourth-order valence-electron chi connectivity index (χ4n) is 4.80. The zero-order valence-electron chi connectivity index (χ0n) is 9.54. The summed E-state index contributed by atoms with van der Waals surface area (Å²) in [5.41, 5.74) is 0. The molecular weight excluding hydrogens is 168 g/mol. The number of fused-ring (bicyclic) bond motifs is 2. The van der Waals surface area contributed by atoms with Gasteiger partial charge in [0, 0.05) is 0 Å². The van der Waals surface area contributed by atoms with Crippen molar-refractivity contribution in [2.45, 2.75) is 58.3 Å². The lowest BCUT2D eigenvalue weighted by molar-refractivity contribution is 0.127. The first kappa shape index (κ1) is 9.24. The van der Waals surface area contributed by atoms with Gasteiger partial charge in [-0.15, -0.1) is 0 Å². The van der Waals surface area contributed by atoms with Crippen molar-refractivity contribution in [3.63, 3.8) is 0 Å². The van der Waals surface area contributed by atoms with Gasteiger partial charge in [-0.2, -0.15) is 0 Å². The van der Waals surface area contributed by atoms with Gasteiger partial charge in [0.05, 0.1) is 0 Å². The fourth-order valence-corrected chi connectivity index (χ4v) is 4.80. The van der Waals surface area contributed by atoms with Crippen molar-refractivity contribution in [2.75, 3.05) is 0 Å². The van der Waals surface area contributed by atoms with Gasteiger partial charge in [0.25, 0.3) is 0 Å². The Labute approximate surface area is 88.5 Å². The van der Waals surface area contributed by atoms with E-state index in [9.17, 15) is 0 Å². The molecule has 3 aliphatic rings. The lowest BCUT2D eigenvalue weighted by Crippen LogP contribution is -2.28. The molecule has 14 heavy (non-hydrogen) atoms. The third-order valence-electron chi connectivity index (χ3n) is 5.52. The minimum atomic E-state index is 1.05. The van der Waals surface area contributed by atoms with Crippen molar-refractivity contribution in [3.8, 4) is 0 Å². The molecule has 2 bridgehead atoms. The molecule has 0 nitrogen and oxygen atoms in total. The van der Waals surface area contributed by atoms with Gasteiger partial charge in [0.1, 0.15) is 0 Å². The topological polar surface area (TPSA) is 0 Å². The SMILES string of the molecule is CC1CCCCC1C1CC2CCC1C2. The Hall–Kier alpha value is 0. The van der Waals surface area contributed by atoms with Crippen molar-refractivity contribution in [1.29, 1.82) is 0 Å². The monoisotopic (exact) mass is 192 g/mol. The third-order valence-corrected chi connectivity index (χ3v) is 5.52. The van der Waals surface area contributed by atoms with Crippen LogP contribution >= 0.6 is 0 Å². The van der Waals surface area contributed by atoms with E-state index in [1.54, 1.807) is 32.1 Å². The van der Waals surface area contributed by atoms with Gasteiger partial charge in [-0.25, -0.2) is 0 Å². The van der Waals surface area contributed by atoms with Crippen LogP contribution in [-0.4, -0.2) is 0 Å². The second-order valence-electron chi connectivity index (χ2n) is 6.26. The maximum absolute atomic E-state index is 2.52. The summed E-state index contributed by atoms with van der Waals surface area (Å²) < 4.78 is 0. The summed E-state index contributed by atoms with van der Waals surface area (Å²) in [6.45, 7) is 2.52. The summed E-state index contributed by atoms with van der Waals surface area (Å²) in [5, 5.41) is 0. The molecule has 3 aliphatic carbocycles.